The molecule has 40 heavy (non-hydrogen) atoms. The highest BCUT2D eigenvalue weighted by atomic mass is 19.1. The number of hydrogen-bond donors (Lipinski definition) is 1. The number of methoxy groups -OCH3 is 1. The van der Waals surface area contributed by atoms with Gasteiger partial charge in [-0.1, -0.05) is 37.3 Å². The molecular weight excluding hydrogens is 511 g/mol. The predicted octanol–water partition coefficient (Wildman–Crippen LogP) is 5.59. The molecule has 0 spiro atoms. The Bertz CT molecular complexity index is 1410. The van der Waals surface area contributed by atoms with E-state index >= 15 is 4.39 Å². The van der Waals surface area contributed by atoms with E-state index in [0.717, 1.165) is 72.4 Å². The van der Waals surface area contributed by atoms with Gasteiger partial charge in [-0.05, 0) is 66.0 Å². The molecule has 2 saturated heterocycles. The number of nitrogens with zero attached hydrogens (tertiary/aromatic N) is 2. The van der Waals surface area contributed by atoms with Gasteiger partial charge in [-0.15, -0.1) is 0 Å². The second-order valence-electron chi connectivity index (χ2n) is 11.2. The summed E-state index contributed by atoms with van der Waals surface area (Å²) in [5.74, 6) is -0.468. The van der Waals surface area contributed by atoms with Crippen LogP contribution in [0, 0.1) is 11.7 Å². The van der Waals surface area contributed by atoms with E-state index < -0.39 is 11.9 Å². The molecule has 1 aromatic heterocycles. The number of aliphatic carboxylic acids is 1. The van der Waals surface area contributed by atoms with Crippen LogP contribution >= 0.6 is 0 Å². The van der Waals surface area contributed by atoms with Crippen molar-refractivity contribution in [3.8, 4) is 22.8 Å². The molecule has 0 saturated carbocycles. The standard InChI is InChI=1S/C32H35FN2O5/c1-19(32(36)37)13-20-3-4-21-6-8-28(40-30(21)14-20)22-5-7-24(25-16-31(38-2)34-17-26(25)33)23(15-22)18-35-11-9-29-27(35)10-12-39-29/h3-5,7,14-17,19,27-29H,6,8-13,18H2,1-2H3,(H,36,37). The Balaban J connectivity index is 1.32. The van der Waals surface area contributed by atoms with Gasteiger partial charge in [0.05, 0.1) is 25.3 Å². The van der Waals surface area contributed by atoms with E-state index in [-0.39, 0.29) is 18.0 Å². The van der Waals surface area contributed by atoms with Crippen molar-refractivity contribution in [2.24, 2.45) is 5.92 Å². The van der Waals surface area contributed by atoms with Gasteiger partial charge in [-0.25, -0.2) is 9.37 Å². The monoisotopic (exact) mass is 546 g/mol. The summed E-state index contributed by atoms with van der Waals surface area (Å²) in [4.78, 5) is 17.8. The molecule has 0 amide bonds. The van der Waals surface area contributed by atoms with Gasteiger partial charge >= 0.3 is 5.97 Å². The summed E-state index contributed by atoms with van der Waals surface area (Å²) in [6.45, 7) is 4.15. The molecule has 8 heteroatoms. The Hall–Kier alpha value is -3.49. The molecule has 0 aliphatic carbocycles. The number of carbonyl (C=O) groups is 1. The smallest absolute Gasteiger partial charge is 0.306 e. The van der Waals surface area contributed by atoms with Crippen molar-refractivity contribution in [2.75, 3.05) is 20.3 Å². The van der Waals surface area contributed by atoms with Crippen LogP contribution in [0.4, 0.5) is 4.39 Å². The zero-order chi connectivity index (χ0) is 27.8. The lowest BCUT2D eigenvalue weighted by Gasteiger charge is -2.29. The first-order valence-corrected chi connectivity index (χ1v) is 14.1. The topological polar surface area (TPSA) is 81.1 Å². The van der Waals surface area contributed by atoms with Gasteiger partial charge in [0.2, 0.25) is 5.88 Å². The number of likely N-dealkylation sites (tertiary alicyclic amines) is 1. The average molecular weight is 547 g/mol. The summed E-state index contributed by atoms with van der Waals surface area (Å²) < 4.78 is 32.8. The molecule has 4 unspecified atom stereocenters. The highest BCUT2D eigenvalue weighted by molar-refractivity contribution is 5.70. The summed E-state index contributed by atoms with van der Waals surface area (Å²) >= 11 is 0. The van der Waals surface area contributed by atoms with E-state index in [4.69, 9.17) is 14.2 Å². The van der Waals surface area contributed by atoms with Gasteiger partial charge < -0.3 is 19.3 Å². The lowest BCUT2D eigenvalue weighted by molar-refractivity contribution is -0.141. The van der Waals surface area contributed by atoms with E-state index in [1.165, 1.54) is 13.3 Å². The molecule has 1 N–H and O–H groups in total. The van der Waals surface area contributed by atoms with Crippen LogP contribution in [0.2, 0.25) is 0 Å². The van der Waals surface area contributed by atoms with E-state index in [1.54, 1.807) is 13.0 Å². The minimum absolute atomic E-state index is 0.148. The molecule has 4 heterocycles. The number of halogens is 1. The molecule has 0 bridgehead atoms. The van der Waals surface area contributed by atoms with Crippen molar-refractivity contribution < 1.29 is 28.5 Å². The first-order chi connectivity index (χ1) is 19.4. The van der Waals surface area contributed by atoms with Gasteiger partial charge in [0.15, 0.2) is 0 Å². The number of carboxylic acid groups (broad SMARTS) is 1. The number of aromatic nitrogens is 1. The predicted molar refractivity (Wildman–Crippen MR) is 148 cm³/mol. The first kappa shape index (κ1) is 26.7. The second-order valence-corrected chi connectivity index (χ2v) is 11.2. The van der Waals surface area contributed by atoms with E-state index in [2.05, 4.69) is 22.0 Å². The molecule has 2 fully saturated rings. The van der Waals surface area contributed by atoms with Crippen LogP contribution in [0.5, 0.6) is 11.6 Å². The normalized spacial score (nSPS) is 22.8. The van der Waals surface area contributed by atoms with Crippen LogP contribution in [0.15, 0.2) is 48.7 Å². The number of ether oxygens (including phenoxy) is 3. The Kier molecular flexibility index (Phi) is 7.47. The number of hydrogen-bond acceptors (Lipinski definition) is 6. The molecule has 0 radical (unpaired) electrons. The van der Waals surface area contributed by atoms with Crippen molar-refractivity contribution in [2.45, 2.75) is 63.8 Å². The maximum absolute atomic E-state index is 15.1. The lowest BCUT2D eigenvalue weighted by Crippen LogP contribution is -2.31. The molecule has 4 atom stereocenters. The number of aryl methyl sites for hydroxylation is 1. The fourth-order valence-corrected chi connectivity index (χ4v) is 6.37. The van der Waals surface area contributed by atoms with Crippen molar-refractivity contribution in [3.63, 3.8) is 0 Å². The molecular formula is C32H35FN2O5. The summed E-state index contributed by atoms with van der Waals surface area (Å²) in [5, 5.41) is 9.33. The van der Waals surface area contributed by atoms with Crippen LogP contribution in [0.3, 0.4) is 0 Å². The molecule has 210 valence electrons. The van der Waals surface area contributed by atoms with Crippen molar-refractivity contribution >= 4 is 5.97 Å². The lowest BCUT2D eigenvalue weighted by atomic mass is 9.91. The van der Waals surface area contributed by atoms with Crippen LogP contribution in [-0.2, 0) is 28.9 Å². The Morgan fingerprint density at radius 2 is 2.05 bits per heavy atom. The van der Waals surface area contributed by atoms with E-state index in [0.29, 0.717) is 30.5 Å². The Morgan fingerprint density at radius 3 is 2.88 bits per heavy atom. The highest BCUT2D eigenvalue weighted by Gasteiger charge is 2.38. The number of benzene rings is 2. The first-order valence-electron chi connectivity index (χ1n) is 14.1. The third-order valence-corrected chi connectivity index (χ3v) is 8.59. The third-order valence-electron chi connectivity index (χ3n) is 8.59. The van der Waals surface area contributed by atoms with Gasteiger partial charge in [-0.3, -0.25) is 9.69 Å². The summed E-state index contributed by atoms with van der Waals surface area (Å²) in [7, 11) is 1.53. The van der Waals surface area contributed by atoms with Crippen molar-refractivity contribution in [1.82, 2.24) is 9.88 Å². The summed E-state index contributed by atoms with van der Waals surface area (Å²) in [6, 6.07) is 14.3. The average Bonchev–Trinajstić information content (AvgIpc) is 3.58. The second kappa shape index (κ2) is 11.2. The van der Waals surface area contributed by atoms with Gasteiger partial charge in [-0.2, -0.15) is 0 Å². The minimum atomic E-state index is -0.805. The number of carboxylic acids is 1. The van der Waals surface area contributed by atoms with Crippen LogP contribution in [0.25, 0.3) is 11.1 Å². The largest absolute Gasteiger partial charge is 0.485 e. The Morgan fingerprint density at radius 1 is 1.18 bits per heavy atom. The number of pyridine rings is 1. The highest BCUT2D eigenvalue weighted by Crippen LogP contribution is 2.39. The van der Waals surface area contributed by atoms with Crippen molar-refractivity contribution in [3.05, 3.63) is 76.7 Å². The van der Waals surface area contributed by atoms with Crippen LogP contribution in [-0.4, -0.2) is 53.4 Å². The SMILES string of the molecule is COc1cc(-c2ccc(C3CCc4ccc(CC(C)C(=O)O)cc4O3)cc2CN2CCC3OCCC32)c(F)cn1. The van der Waals surface area contributed by atoms with E-state index in [9.17, 15) is 9.90 Å². The molecule has 3 aromatic rings. The zero-order valence-corrected chi connectivity index (χ0v) is 22.9. The van der Waals surface area contributed by atoms with Gasteiger partial charge in [0, 0.05) is 37.4 Å². The molecule has 7 nitrogen and oxygen atoms in total. The molecule has 3 aliphatic rings. The van der Waals surface area contributed by atoms with Crippen molar-refractivity contribution in [1.29, 1.82) is 0 Å². The third kappa shape index (κ3) is 5.30. The van der Waals surface area contributed by atoms with Crippen LogP contribution in [0.1, 0.15) is 54.5 Å². The fraction of sp³-hybridized carbons (Fsp3) is 0.438. The number of fused-ring (bicyclic) bond motifs is 2. The van der Waals surface area contributed by atoms with Gasteiger partial charge in [0.25, 0.3) is 0 Å². The number of rotatable bonds is 8. The Labute approximate surface area is 233 Å². The minimum Gasteiger partial charge on any atom is -0.485 e. The quantitative estimate of drug-likeness (QED) is 0.395. The summed E-state index contributed by atoms with van der Waals surface area (Å²) in [5.41, 5.74) is 5.47. The molecule has 2 aromatic carbocycles. The maximum atomic E-state index is 15.1. The fourth-order valence-electron chi connectivity index (χ4n) is 6.37. The van der Waals surface area contributed by atoms with Gasteiger partial charge in [0.1, 0.15) is 17.7 Å². The summed E-state index contributed by atoms with van der Waals surface area (Å²) in [6.07, 6.45) is 5.53. The molecule has 6 rings (SSSR count). The van der Waals surface area contributed by atoms with E-state index in [1.807, 2.05) is 24.3 Å². The zero-order valence-electron chi connectivity index (χ0n) is 22.9. The maximum Gasteiger partial charge on any atom is 0.306 e. The van der Waals surface area contributed by atoms with Crippen LogP contribution < -0.4 is 9.47 Å². The molecule has 3 aliphatic heterocycles.